The number of likely N-dealkylation sites (tertiary alicyclic amines) is 1. The summed E-state index contributed by atoms with van der Waals surface area (Å²) in [6, 6.07) is 7.50. The highest BCUT2D eigenvalue weighted by atomic mass is 16.2. The molecule has 2 N–H and O–H groups in total. The van der Waals surface area contributed by atoms with Gasteiger partial charge in [-0.3, -0.25) is 9.59 Å². The molecule has 0 atom stereocenters. The van der Waals surface area contributed by atoms with Crippen molar-refractivity contribution in [3.8, 4) is 0 Å². The van der Waals surface area contributed by atoms with Gasteiger partial charge in [-0.05, 0) is 12.1 Å². The number of piperidine rings is 1. The molecule has 3 rings (SSSR count). The minimum atomic E-state index is -0.398. The van der Waals surface area contributed by atoms with Gasteiger partial charge in [-0.15, -0.1) is 0 Å². The van der Waals surface area contributed by atoms with Gasteiger partial charge < -0.3 is 15.5 Å². The zero-order chi connectivity index (χ0) is 12.6. The maximum Gasteiger partial charge on any atom is 0.255 e. The van der Waals surface area contributed by atoms with Crippen molar-refractivity contribution in [3.05, 3.63) is 29.8 Å². The fraction of sp³-hybridized carbons (Fsp3) is 0.385. The lowest BCUT2D eigenvalue weighted by Gasteiger charge is -2.45. The van der Waals surface area contributed by atoms with Crippen LogP contribution in [0.15, 0.2) is 24.3 Å². The molecule has 0 bridgehead atoms. The van der Waals surface area contributed by atoms with Crippen LogP contribution in [0, 0.1) is 0 Å². The van der Waals surface area contributed by atoms with E-state index in [4.69, 9.17) is 0 Å². The van der Waals surface area contributed by atoms with Crippen LogP contribution in [0.4, 0.5) is 5.69 Å². The Kier molecular flexibility index (Phi) is 2.47. The minimum absolute atomic E-state index is 0.0381. The molecule has 0 saturated carbocycles. The van der Waals surface area contributed by atoms with Crippen LogP contribution >= 0.6 is 0 Å². The minimum Gasteiger partial charge on any atom is -0.362 e. The van der Waals surface area contributed by atoms with Gasteiger partial charge in [0.15, 0.2) is 0 Å². The molecule has 0 aromatic heterocycles. The number of rotatable bonds is 1. The molecule has 0 unspecified atom stereocenters. The van der Waals surface area contributed by atoms with Gasteiger partial charge in [-0.25, -0.2) is 0 Å². The summed E-state index contributed by atoms with van der Waals surface area (Å²) in [6.45, 7) is 1.33. The second-order valence-corrected chi connectivity index (χ2v) is 4.85. The standard InChI is InChI=1S/C13H15N3O2/c17-9-16-7-5-13(6-8-16)14-11-4-2-1-3-10(11)12(18)15-13/h1-4,9,14H,5-8H2,(H,15,18). The molecule has 5 heteroatoms. The number of hydrogen-bond donors (Lipinski definition) is 2. The molecule has 94 valence electrons. The summed E-state index contributed by atoms with van der Waals surface area (Å²) in [7, 11) is 0. The number of amides is 2. The number of para-hydroxylation sites is 1. The van der Waals surface area contributed by atoms with E-state index in [2.05, 4.69) is 10.6 Å². The van der Waals surface area contributed by atoms with Crippen LogP contribution in [0.25, 0.3) is 0 Å². The quantitative estimate of drug-likeness (QED) is 0.719. The van der Waals surface area contributed by atoms with Gasteiger partial charge >= 0.3 is 0 Å². The third-order valence-corrected chi connectivity index (χ3v) is 3.70. The van der Waals surface area contributed by atoms with E-state index >= 15 is 0 Å². The summed E-state index contributed by atoms with van der Waals surface area (Å²) < 4.78 is 0. The van der Waals surface area contributed by atoms with Gasteiger partial charge in [-0.2, -0.15) is 0 Å². The Bertz CT molecular complexity index is 493. The molecule has 1 saturated heterocycles. The SMILES string of the molecule is O=CN1CCC2(CC1)NC(=O)c1ccccc1N2. The highest BCUT2D eigenvalue weighted by molar-refractivity contribution is 6.02. The van der Waals surface area contributed by atoms with Gasteiger partial charge in [0, 0.05) is 31.6 Å². The summed E-state index contributed by atoms with van der Waals surface area (Å²) >= 11 is 0. The number of nitrogens with one attached hydrogen (secondary N) is 2. The third kappa shape index (κ3) is 1.72. The van der Waals surface area contributed by atoms with Crippen LogP contribution in [0.3, 0.4) is 0 Å². The van der Waals surface area contributed by atoms with E-state index in [9.17, 15) is 9.59 Å². The second-order valence-electron chi connectivity index (χ2n) is 4.85. The van der Waals surface area contributed by atoms with Gasteiger partial charge in [0.25, 0.3) is 5.91 Å². The van der Waals surface area contributed by atoms with Crippen molar-refractivity contribution in [1.82, 2.24) is 10.2 Å². The predicted molar refractivity (Wildman–Crippen MR) is 67.1 cm³/mol. The van der Waals surface area contributed by atoms with Gasteiger partial charge in [0.05, 0.1) is 5.56 Å². The Hall–Kier alpha value is -2.04. The fourth-order valence-electron chi connectivity index (χ4n) is 2.62. The summed E-state index contributed by atoms with van der Waals surface area (Å²) in [5, 5.41) is 6.45. The van der Waals surface area contributed by atoms with E-state index in [1.54, 1.807) is 4.90 Å². The zero-order valence-electron chi connectivity index (χ0n) is 9.98. The molecule has 2 heterocycles. The first kappa shape index (κ1) is 11.1. The Balaban J connectivity index is 1.86. The molecule has 2 amide bonds. The van der Waals surface area contributed by atoms with E-state index in [-0.39, 0.29) is 5.91 Å². The Morgan fingerprint density at radius 1 is 1.17 bits per heavy atom. The van der Waals surface area contributed by atoms with Crippen molar-refractivity contribution in [3.63, 3.8) is 0 Å². The molecular formula is C13H15N3O2. The van der Waals surface area contributed by atoms with E-state index < -0.39 is 5.66 Å². The molecular weight excluding hydrogens is 230 g/mol. The molecule has 2 aliphatic heterocycles. The van der Waals surface area contributed by atoms with E-state index in [0.29, 0.717) is 18.7 Å². The number of benzene rings is 1. The van der Waals surface area contributed by atoms with Crippen molar-refractivity contribution in [2.75, 3.05) is 18.4 Å². The average Bonchev–Trinajstić information content (AvgIpc) is 2.40. The van der Waals surface area contributed by atoms with Gasteiger partial charge in [-0.1, -0.05) is 12.1 Å². The van der Waals surface area contributed by atoms with Crippen molar-refractivity contribution >= 4 is 18.0 Å². The lowest BCUT2D eigenvalue weighted by molar-refractivity contribution is -0.119. The smallest absolute Gasteiger partial charge is 0.255 e. The molecule has 5 nitrogen and oxygen atoms in total. The molecule has 0 aliphatic carbocycles. The number of fused-ring (bicyclic) bond motifs is 1. The molecule has 1 spiro atoms. The second kappa shape index (κ2) is 4.01. The van der Waals surface area contributed by atoms with Crippen molar-refractivity contribution < 1.29 is 9.59 Å². The number of nitrogens with zero attached hydrogens (tertiary/aromatic N) is 1. The van der Waals surface area contributed by atoms with Crippen LogP contribution in [0.1, 0.15) is 23.2 Å². The lowest BCUT2D eigenvalue weighted by Crippen LogP contribution is -2.62. The lowest BCUT2D eigenvalue weighted by atomic mass is 9.92. The van der Waals surface area contributed by atoms with E-state index in [1.807, 2.05) is 24.3 Å². The van der Waals surface area contributed by atoms with Crippen LogP contribution in [0.2, 0.25) is 0 Å². The molecule has 1 aromatic rings. The first-order valence-corrected chi connectivity index (χ1v) is 6.11. The molecule has 2 aliphatic rings. The molecule has 1 aromatic carbocycles. The Labute approximate surface area is 105 Å². The van der Waals surface area contributed by atoms with Crippen LogP contribution in [-0.4, -0.2) is 36.0 Å². The highest BCUT2D eigenvalue weighted by Gasteiger charge is 2.39. The predicted octanol–water partition coefficient (Wildman–Crippen LogP) is 0.790. The van der Waals surface area contributed by atoms with Gasteiger partial charge in [0.1, 0.15) is 5.66 Å². The van der Waals surface area contributed by atoms with Crippen molar-refractivity contribution in [2.24, 2.45) is 0 Å². The van der Waals surface area contributed by atoms with Crippen LogP contribution in [0.5, 0.6) is 0 Å². The molecule has 0 radical (unpaired) electrons. The molecule has 1 fully saturated rings. The van der Waals surface area contributed by atoms with Crippen LogP contribution < -0.4 is 10.6 Å². The fourth-order valence-corrected chi connectivity index (χ4v) is 2.62. The number of anilines is 1. The summed E-state index contributed by atoms with van der Waals surface area (Å²) in [5.74, 6) is -0.0381. The summed E-state index contributed by atoms with van der Waals surface area (Å²) in [5.41, 5.74) is 1.16. The summed E-state index contributed by atoms with van der Waals surface area (Å²) in [6.07, 6.45) is 2.32. The Morgan fingerprint density at radius 2 is 1.89 bits per heavy atom. The first-order chi connectivity index (χ1) is 8.72. The molecule has 18 heavy (non-hydrogen) atoms. The maximum atomic E-state index is 12.1. The van der Waals surface area contributed by atoms with Crippen molar-refractivity contribution in [1.29, 1.82) is 0 Å². The maximum absolute atomic E-state index is 12.1. The van der Waals surface area contributed by atoms with Crippen molar-refractivity contribution in [2.45, 2.75) is 18.5 Å². The number of hydrogen-bond acceptors (Lipinski definition) is 3. The normalized spacial score (nSPS) is 20.9. The average molecular weight is 245 g/mol. The largest absolute Gasteiger partial charge is 0.362 e. The third-order valence-electron chi connectivity index (χ3n) is 3.70. The monoisotopic (exact) mass is 245 g/mol. The van der Waals surface area contributed by atoms with E-state index in [0.717, 1.165) is 24.9 Å². The zero-order valence-corrected chi connectivity index (χ0v) is 9.98. The number of carbonyl (C=O) groups excluding carboxylic acids is 2. The number of carbonyl (C=O) groups is 2. The van der Waals surface area contributed by atoms with Gasteiger partial charge in [0.2, 0.25) is 6.41 Å². The Morgan fingerprint density at radius 3 is 2.61 bits per heavy atom. The highest BCUT2D eigenvalue weighted by Crippen LogP contribution is 2.30. The van der Waals surface area contributed by atoms with Crippen LogP contribution in [-0.2, 0) is 4.79 Å². The summed E-state index contributed by atoms with van der Waals surface area (Å²) in [4.78, 5) is 24.5. The first-order valence-electron chi connectivity index (χ1n) is 6.11. The van der Waals surface area contributed by atoms with E-state index in [1.165, 1.54) is 0 Å². The topological polar surface area (TPSA) is 61.4 Å².